The molecule has 1 amide bonds. The lowest BCUT2D eigenvalue weighted by Crippen LogP contribution is -2.27. The van der Waals surface area contributed by atoms with Crippen LogP contribution < -0.4 is 10.6 Å². The van der Waals surface area contributed by atoms with Crippen LogP contribution in [0.4, 0.5) is 11.6 Å². The van der Waals surface area contributed by atoms with Gasteiger partial charge in [0.25, 0.3) is 5.91 Å². The molecule has 0 saturated carbocycles. The lowest BCUT2D eigenvalue weighted by Gasteiger charge is -2.27. The predicted octanol–water partition coefficient (Wildman–Crippen LogP) is 5.97. The summed E-state index contributed by atoms with van der Waals surface area (Å²) >= 11 is 1.36. The monoisotopic (exact) mass is 527 g/mol. The Balaban J connectivity index is 1.22. The summed E-state index contributed by atoms with van der Waals surface area (Å²) in [5.41, 5.74) is 0.751. The fourth-order valence-electron chi connectivity index (χ4n) is 3.89. The highest BCUT2D eigenvalue weighted by molar-refractivity contribution is 7.97. The van der Waals surface area contributed by atoms with Crippen LogP contribution in [0.1, 0.15) is 62.5 Å². The van der Waals surface area contributed by atoms with Gasteiger partial charge >= 0.3 is 0 Å². The van der Waals surface area contributed by atoms with Crippen molar-refractivity contribution in [1.82, 2.24) is 14.6 Å². The molecular formula is C26H33N5O5S. The highest BCUT2D eigenvalue weighted by Crippen LogP contribution is 2.38. The van der Waals surface area contributed by atoms with Gasteiger partial charge in [-0.3, -0.25) is 4.79 Å². The first kappa shape index (κ1) is 26.6. The summed E-state index contributed by atoms with van der Waals surface area (Å²) in [4.78, 5) is 13.7. The topological polar surface area (TPSA) is 126 Å². The Bertz CT molecular complexity index is 1210. The molecule has 11 heteroatoms. The maximum Gasteiger partial charge on any atom is 0.277 e. The summed E-state index contributed by atoms with van der Waals surface area (Å²) in [6.07, 6.45) is 7.33. The van der Waals surface area contributed by atoms with E-state index in [0.717, 1.165) is 11.3 Å². The third kappa shape index (κ3) is 7.30. The van der Waals surface area contributed by atoms with Crippen LogP contribution in [0, 0.1) is 0 Å². The minimum Gasteiger partial charge on any atom is -0.505 e. The van der Waals surface area contributed by atoms with Gasteiger partial charge < -0.3 is 33.8 Å². The second kappa shape index (κ2) is 13.2. The van der Waals surface area contributed by atoms with E-state index in [-0.39, 0.29) is 17.3 Å². The number of aliphatic hydroxyl groups excluding tert-OH is 1. The molecule has 0 bridgehead atoms. The molecule has 3 N–H and O–H groups in total. The molecule has 0 unspecified atom stereocenters. The molecule has 1 aromatic carbocycles. The van der Waals surface area contributed by atoms with Gasteiger partial charge in [0.15, 0.2) is 34.6 Å². The van der Waals surface area contributed by atoms with Crippen molar-refractivity contribution in [3.05, 3.63) is 59.2 Å². The van der Waals surface area contributed by atoms with Crippen molar-refractivity contribution in [3.63, 3.8) is 0 Å². The van der Waals surface area contributed by atoms with Crippen LogP contribution >= 0.6 is 11.9 Å². The standard InChI is InChI=1S/C26H33N5O5S/c1-3-4-5-6-7-10-13-34-17-19-15-22(29-36-19)27-16-18-14-23(30-35-18)28-26(33)24-25(32)20-11-8-9-12-21(20)37-31(24)2/h8-9,11-12,14-15,32H,3-7,10,13,16-17H2,1-2H3,(H,27,29)(H,28,30,33). The molecule has 0 atom stereocenters. The summed E-state index contributed by atoms with van der Waals surface area (Å²) < 4.78 is 17.9. The number of ether oxygens (including phenoxy) is 1. The van der Waals surface area contributed by atoms with Gasteiger partial charge in [0.1, 0.15) is 6.61 Å². The van der Waals surface area contributed by atoms with Crippen LogP contribution in [-0.4, -0.2) is 39.3 Å². The van der Waals surface area contributed by atoms with Gasteiger partial charge in [0.2, 0.25) is 0 Å². The molecule has 0 fully saturated rings. The lowest BCUT2D eigenvalue weighted by molar-refractivity contribution is -0.113. The lowest BCUT2D eigenvalue weighted by atomic mass is 10.1. The Morgan fingerprint density at radius 1 is 1.05 bits per heavy atom. The van der Waals surface area contributed by atoms with Gasteiger partial charge in [-0.25, -0.2) is 0 Å². The van der Waals surface area contributed by atoms with E-state index < -0.39 is 5.91 Å². The molecule has 4 rings (SSSR count). The maximum absolute atomic E-state index is 12.9. The van der Waals surface area contributed by atoms with E-state index in [1.807, 2.05) is 18.2 Å². The van der Waals surface area contributed by atoms with Crippen molar-refractivity contribution in [1.29, 1.82) is 0 Å². The number of aromatic nitrogens is 2. The number of aliphatic hydroxyl groups is 1. The van der Waals surface area contributed by atoms with Gasteiger partial charge in [-0.05, 0) is 30.5 Å². The van der Waals surface area contributed by atoms with E-state index in [0.29, 0.717) is 42.7 Å². The Kier molecular flexibility index (Phi) is 9.50. The van der Waals surface area contributed by atoms with E-state index in [4.69, 9.17) is 13.8 Å². The van der Waals surface area contributed by atoms with Crippen molar-refractivity contribution in [2.45, 2.75) is 63.5 Å². The van der Waals surface area contributed by atoms with Crippen LogP contribution in [-0.2, 0) is 22.7 Å². The summed E-state index contributed by atoms with van der Waals surface area (Å²) in [5, 5.41) is 24.3. The first-order valence-electron chi connectivity index (χ1n) is 12.5. The van der Waals surface area contributed by atoms with E-state index in [9.17, 15) is 9.90 Å². The van der Waals surface area contributed by atoms with Crippen molar-refractivity contribution in [2.24, 2.45) is 0 Å². The summed E-state index contributed by atoms with van der Waals surface area (Å²) in [6.45, 7) is 3.60. The number of carbonyl (C=O) groups is 1. The molecule has 1 aliphatic heterocycles. The Morgan fingerprint density at radius 3 is 2.65 bits per heavy atom. The van der Waals surface area contributed by atoms with Crippen molar-refractivity contribution in [2.75, 3.05) is 24.3 Å². The first-order valence-corrected chi connectivity index (χ1v) is 13.3. The number of nitrogens with one attached hydrogen (secondary N) is 2. The summed E-state index contributed by atoms with van der Waals surface area (Å²) in [5.74, 6) is 1.35. The van der Waals surface area contributed by atoms with Crippen LogP contribution in [0.25, 0.3) is 5.76 Å². The number of hydrogen-bond donors (Lipinski definition) is 3. The molecule has 0 spiro atoms. The summed E-state index contributed by atoms with van der Waals surface area (Å²) in [6, 6.07) is 10.7. The highest BCUT2D eigenvalue weighted by atomic mass is 32.2. The second-order valence-electron chi connectivity index (χ2n) is 8.77. The molecule has 3 heterocycles. The third-order valence-electron chi connectivity index (χ3n) is 5.82. The number of anilines is 2. The normalized spacial score (nSPS) is 13.1. The van der Waals surface area contributed by atoms with E-state index in [1.165, 1.54) is 44.1 Å². The molecule has 0 aliphatic carbocycles. The molecule has 2 aromatic heterocycles. The fraction of sp³-hybridized carbons (Fsp3) is 0.423. The largest absolute Gasteiger partial charge is 0.505 e. The minimum atomic E-state index is -0.489. The number of fused-ring (bicyclic) bond motifs is 1. The van der Waals surface area contributed by atoms with Crippen LogP contribution in [0.2, 0.25) is 0 Å². The number of carbonyl (C=O) groups excluding carboxylic acids is 1. The maximum atomic E-state index is 12.9. The molecule has 37 heavy (non-hydrogen) atoms. The molecule has 0 saturated heterocycles. The van der Waals surface area contributed by atoms with Crippen LogP contribution in [0.15, 0.2) is 56.0 Å². The number of amides is 1. The first-order chi connectivity index (χ1) is 18.0. The number of hydrogen-bond acceptors (Lipinski definition) is 10. The summed E-state index contributed by atoms with van der Waals surface area (Å²) in [7, 11) is 1.72. The number of unbranched alkanes of at least 4 members (excludes halogenated alkanes) is 5. The second-order valence-corrected chi connectivity index (χ2v) is 9.94. The average molecular weight is 528 g/mol. The number of rotatable bonds is 14. The highest BCUT2D eigenvalue weighted by Gasteiger charge is 2.28. The molecule has 3 aromatic rings. The van der Waals surface area contributed by atoms with Gasteiger partial charge in [-0.2, -0.15) is 0 Å². The minimum absolute atomic E-state index is 0.0856. The predicted molar refractivity (Wildman–Crippen MR) is 142 cm³/mol. The van der Waals surface area contributed by atoms with E-state index in [2.05, 4.69) is 27.9 Å². The molecule has 198 valence electrons. The van der Waals surface area contributed by atoms with Gasteiger partial charge in [0.05, 0.1) is 6.54 Å². The van der Waals surface area contributed by atoms with Crippen molar-refractivity contribution < 1.29 is 23.7 Å². The van der Waals surface area contributed by atoms with Crippen molar-refractivity contribution >= 4 is 35.2 Å². The SMILES string of the molecule is CCCCCCCCOCc1cc(NCc2cc(NC(=O)C3=C(O)c4ccccc4SN3C)no2)no1. The number of nitrogens with zero attached hydrogens (tertiary/aromatic N) is 3. The van der Waals surface area contributed by atoms with Gasteiger partial charge in [-0.15, -0.1) is 0 Å². The Morgan fingerprint density at radius 2 is 1.78 bits per heavy atom. The van der Waals surface area contributed by atoms with Crippen molar-refractivity contribution in [3.8, 4) is 0 Å². The quantitative estimate of drug-likeness (QED) is 0.170. The molecule has 1 aliphatic rings. The third-order valence-corrected chi connectivity index (χ3v) is 6.83. The smallest absolute Gasteiger partial charge is 0.277 e. The van der Waals surface area contributed by atoms with E-state index >= 15 is 0 Å². The number of benzene rings is 1. The zero-order valence-corrected chi connectivity index (χ0v) is 22.0. The number of likely N-dealkylation sites (N-methyl/N-ethyl adjacent to an activating group) is 1. The Hall–Kier alpha value is -3.44. The van der Waals surface area contributed by atoms with Crippen LogP contribution in [0.5, 0.6) is 0 Å². The van der Waals surface area contributed by atoms with Gasteiger partial charge in [0, 0.05) is 36.2 Å². The molecular weight excluding hydrogens is 494 g/mol. The zero-order valence-electron chi connectivity index (χ0n) is 21.2. The Labute approximate surface area is 220 Å². The average Bonchev–Trinajstić information content (AvgIpc) is 3.53. The zero-order chi connectivity index (χ0) is 26.0. The van der Waals surface area contributed by atoms with E-state index in [1.54, 1.807) is 29.6 Å². The van der Waals surface area contributed by atoms with Gasteiger partial charge in [-0.1, -0.05) is 61.5 Å². The van der Waals surface area contributed by atoms with Crippen LogP contribution in [0.3, 0.4) is 0 Å². The fourth-order valence-corrected chi connectivity index (χ4v) is 4.85. The molecule has 0 radical (unpaired) electrons. The molecule has 10 nitrogen and oxygen atoms in total.